The van der Waals surface area contributed by atoms with Gasteiger partial charge in [-0.3, -0.25) is 14.4 Å². The molecule has 0 aliphatic rings. The first kappa shape index (κ1) is 18.0. The van der Waals surface area contributed by atoms with Crippen LogP contribution in [0.4, 0.5) is 5.69 Å². The van der Waals surface area contributed by atoms with E-state index in [2.05, 4.69) is 5.32 Å². The number of carbonyl (C=O) groups is 3. The number of Topliss-reactive ketones (excluding diaryl/α,β-unsaturated/α-hetero) is 1. The molecule has 2 rings (SSSR count). The van der Waals surface area contributed by atoms with Crippen LogP contribution in [0.2, 0.25) is 10.0 Å². The molecule has 2 aromatic rings. The van der Waals surface area contributed by atoms with Gasteiger partial charge in [-0.1, -0.05) is 29.3 Å². The van der Waals surface area contributed by atoms with Crippen LogP contribution < -0.4 is 5.32 Å². The summed E-state index contributed by atoms with van der Waals surface area (Å²) in [4.78, 5) is 34.5. The van der Waals surface area contributed by atoms with Crippen LogP contribution in [0.25, 0.3) is 0 Å². The van der Waals surface area contributed by atoms with Gasteiger partial charge >= 0.3 is 5.97 Å². The lowest BCUT2D eigenvalue weighted by atomic mass is 10.1. The molecule has 124 valence electrons. The van der Waals surface area contributed by atoms with Gasteiger partial charge in [-0.05, 0) is 36.4 Å². The zero-order valence-electron chi connectivity index (χ0n) is 12.4. The van der Waals surface area contributed by atoms with Gasteiger partial charge in [0.1, 0.15) is 0 Å². The Labute approximate surface area is 148 Å². The number of carbonyl (C=O) groups excluding carboxylic acids is 2. The average molecular weight is 366 g/mol. The molecule has 0 aliphatic carbocycles. The van der Waals surface area contributed by atoms with Crippen molar-refractivity contribution in [1.82, 2.24) is 0 Å². The number of nitrogens with one attached hydrogen (secondary N) is 1. The van der Waals surface area contributed by atoms with Crippen molar-refractivity contribution < 1.29 is 19.5 Å². The standard InChI is InChI=1S/C17H13Cl2NO4/c18-12-2-1-3-13(19)16(12)17(24)20-11-6-4-10(5-7-11)14(21)8-9-15(22)23/h1-7H,8-9H2,(H,20,24)(H,22,23). The first-order chi connectivity index (χ1) is 11.4. The lowest BCUT2D eigenvalue weighted by Crippen LogP contribution is -2.13. The van der Waals surface area contributed by atoms with E-state index in [1.54, 1.807) is 30.3 Å². The van der Waals surface area contributed by atoms with Crippen molar-refractivity contribution in [3.63, 3.8) is 0 Å². The summed E-state index contributed by atoms with van der Waals surface area (Å²) < 4.78 is 0. The average Bonchev–Trinajstić information content (AvgIpc) is 2.53. The number of benzene rings is 2. The van der Waals surface area contributed by atoms with Crippen molar-refractivity contribution in [2.45, 2.75) is 12.8 Å². The molecule has 2 aromatic carbocycles. The minimum Gasteiger partial charge on any atom is -0.481 e. The van der Waals surface area contributed by atoms with Crippen LogP contribution in [0.15, 0.2) is 42.5 Å². The molecule has 0 bridgehead atoms. The summed E-state index contributed by atoms with van der Waals surface area (Å²) >= 11 is 12.0. The van der Waals surface area contributed by atoms with Crippen molar-refractivity contribution >= 4 is 46.5 Å². The van der Waals surface area contributed by atoms with Crippen molar-refractivity contribution in [1.29, 1.82) is 0 Å². The predicted molar refractivity (Wildman–Crippen MR) is 92.1 cm³/mol. The second-order valence-corrected chi connectivity index (χ2v) is 5.76. The maximum atomic E-state index is 12.2. The van der Waals surface area contributed by atoms with Crippen molar-refractivity contribution in [2.75, 3.05) is 5.32 Å². The number of aliphatic carboxylic acids is 1. The van der Waals surface area contributed by atoms with Gasteiger partial charge < -0.3 is 10.4 Å². The summed E-state index contributed by atoms with van der Waals surface area (Å²) in [5, 5.41) is 11.7. The van der Waals surface area contributed by atoms with Crippen LogP contribution in [-0.4, -0.2) is 22.8 Å². The molecule has 0 radical (unpaired) electrons. The number of anilines is 1. The van der Waals surface area contributed by atoms with E-state index in [4.69, 9.17) is 28.3 Å². The van der Waals surface area contributed by atoms with Gasteiger partial charge in [-0.25, -0.2) is 0 Å². The van der Waals surface area contributed by atoms with E-state index in [0.29, 0.717) is 11.3 Å². The van der Waals surface area contributed by atoms with Crippen molar-refractivity contribution in [3.8, 4) is 0 Å². The van der Waals surface area contributed by atoms with Crippen molar-refractivity contribution in [2.24, 2.45) is 0 Å². The number of hydrogen-bond donors (Lipinski definition) is 2. The number of ketones is 1. The Morgan fingerprint density at radius 2 is 1.50 bits per heavy atom. The van der Waals surface area contributed by atoms with E-state index in [-0.39, 0.29) is 34.2 Å². The Morgan fingerprint density at radius 1 is 0.917 bits per heavy atom. The molecule has 2 N–H and O–H groups in total. The Kier molecular flexibility index (Phi) is 5.95. The zero-order chi connectivity index (χ0) is 17.7. The predicted octanol–water partition coefficient (Wildman–Crippen LogP) is 4.29. The number of hydrogen-bond acceptors (Lipinski definition) is 3. The van der Waals surface area contributed by atoms with Gasteiger partial charge in [0.15, 0.2) is 5.78 Å². The lowest BCUT2D eigenvalue weighted by Gasteiger charge is -2.09. The zero-order valence-corrected chi connectivity index (χ0v) is 13.9. The van der Waals surface area contributed by atoms with E-state index in [1.165, 1.54) is 12.1 Å². The summed E-state index contributed by atoms with van der Waals surface area (Å²) in [6.07, 6.45) is -0.293. The summed E-state index contributed by atoms with van der Waals surface area (Å²) in [7, 11) is 0. The summed E-state index contributed by atoms with van der Waals surface area (Å²) in [6, 6.07) is 10.9. The molecule has 0 atom stereocenters. The molecule has 0 unspecified atom stereocenters. The molecule has 0 saturated carbocycles. The minimum atomic E-state index is -1.02. The first-order valence-corrected chi connectivity index (χ1v) is 7.74. The highest BCUT2D eigenvalue weighted by atomic mass is 35.5. The number of amides is 1. The molecule has 0 spiro atoms. The van der Waals surface area contributed by atoms with E-state index >= 15 is 0 Å². The molecule has 0 heterocycles. The van der Waals surface area contributed by atoms with E-state index in [1.807, 2.05) is 0 Å². The van der Waals surface area contributed by atoms with Gasteiger partial charge in [0.2, 0.25) is 0 Å². The second-order valence-electron chi connectivity index (χ2n) is 4.95. The van der Waals surface area contributed by atoms with Crippen LogP contribution in [0.1, 0.15) is 33.6 Å². The fourth-order valence-corrected chi connectivity index (χ4v) is 2.58. The van der Waals surface area contributed by atoms with Gasteiger partial charge in [-0.2, -0.15) is 0 Å². The van der Waals surface area contributed by atoms with Crippen molar-refractivity contribution in [3.05, 3.63) is 63.6 Å². The molecule has 0 aliphatic heterocycles. The smallest absolute Gasteiger partial charge is 0.303 e. The third-order valence-corrected chi connectivity index (χ3v) is 3.85. The van der Waals surface area contributed by atoms with Gasteiger partial charge in [0.05, 0.1) is 22.0 Å². The molecule has 0 saturated heterocycles. The summed E-state index contributed by atoms with van der Waals surface area (Å²) in [5.74, 6) is -1.76. The number of rotatable bonds is 6. The van der Waals surface area contributed by atoms with Gasteiger partial charge in [0.25, 0.3) is 5.91 Å². The molecule has 0 fully saturated rings. The maximum Gasteiger partial charge on any atom is 0.303 e. The van der Waals surface area contributed by atoms with Crippen LogP contribution in [0.5, 0.6) is 0 Å². The Hall–Kier alpha value is -2.37. The molecule has 1 amide bonds. The fraction of sp³-hybridized carbons (Fsp3) is 0.118. The molecular weight excluding hydrogens is 353 g/mol. The van der Waals surface area contributed by atoms with E-state index < -0.39 is 11.9 Å². The topological polar surface area (TPSA) is 83.5 Å². The first-order valence-electron chi connectivity index (χ1n) is 6.99. The third kappa shape index (κ3) is 4.57. The summed E-state index contributed by atoms with van der Waals surface area (Å²) in [6.45, 7) is 0. The number of carboxylic acid groups (broad SMARTS) is 1. The monoisotopic (exact) mass is 365 g/mol. The number of halogens is 2. The molecule has 7 heteroatoms. The lowest BCUT2D eigenvalue weighted by molar-refractivity contribution is -0.136. The quantitative estimate of drug-likeness (QED) is 0.747. The highest BCUT2D eigenvalue weighted by Gasteiger charge is 2.15. The summed E-state index contributed by atoms with van der Waals surface area (Å²) in [5.41, 5.74) is 1.01. The largest absolute Gasteiger partial charge is 0.481 e. The van der Waals surface area contributed by atoms with E-state index in [0.717, 1.165) is 0 Å². The van der Waals surface area contributed by atoms with Crippen LogP contribution in [0, 0.1) is 0 Å². The highest BCUT2D eigenvalue weighted by molar-refractivity contribution is 6.40. The molecular formula is C17H13Cl2NO4. The third-order valence-electron chi connectivity index (χ3n) is 3.22. The normalized spacial score (nSPS) is 10.2. The Bertz CT molecular complexity index is 767. The van der Waals surface area contributed by atoms with E-state index in [9.17, 15) is 14.4 Å². The van der Waals surface area contributed by atoms with Crippen LogP contribution >= 0.6 is 23.2 Å². The minimum absolute atomic E-state index is 0.0731. The Morgan fingerprint density at radius 3 is 2.04 bits per heavy atom. The Balaban J connectivity index is 2.07. The van der Waals surface area contributed by atoms with Crippen LogP contribution in [-0.2, 0) is 4.79 Å². The molecule has 0 aromatic heterocycles. The molecule has 24 heavy (non-hydrogen) atoms. The fourth-order valence-electron chi connectivity index (χ4n) is 2.01. The maximum absolute atomic E-state index is 12.2. The van der Waals surface area contributed by atoms with Gasteiger partial charge in [-0.15, -0.1) is 0 Å². The molecule has 5 nitrogen and oxygen atoms in total. The van der Waals surface area contributed by atoms with Crippen LogP contribution in [0.3, 0.4) is 0 Å². The second kappa shape index (κ2) is 7.95. The number of carboxylic acids is 1. The van der Waals surface area contributed by atoms with Gasteiger partial charge in [0, 0.05) is 17.7 Å². The SMILES string of the molecule is O=C(O)CCC(=O)c1ccc(NC(=O)c2c(Cl)cccc2Cl)cc1. The highest BCUT2D eigenvalue weighted by Crippen LogP contribution is 2.25.